The van der Waals surface area contributed by atoms with Crippen molar-refractivity contribution in [3.05, 3.63) is 79.9 Å². The zero-order valence-electron chi connectivity index (χ0n) is 19.3. The summed E-state index contributed by atoms with van der Waals surface area (Å²) in [6.07, 6.45) is 1.91. The van der Waals surface area contributed by atoms with E-state index < -0.39 is 0 Å². The van der Waals surface area contributed by atoms with Crippen molar-refractivity contribution in [2.75, 3.05) is 12.4 Å². The Morgan fingerprint density at radius 3 is 2.47 bits per heavy atom. The van der Waals surface area contributed by atoms with Crippen LogP contribution in [0.3, 0.4) is 0 Å². The van der Waals surface area contributed by atoms with E-state index >= 15 is 0 Å². The van der Waals surface area contributed by atoms with Crippen LogP contribution in [0.25, 0.3) is 15.9 Å². The number of Topliss-reactive ketones (excluding diaryl/α,β-unsaturated/α-hetero) is 1. The SMILES string of the molecule is CCCc1sc2nc(SCC(=O)c3ccc(Cl)cc3)n(-c3ccc(OCC)cc3)c(=O)c2c1C. The molecular formula is C26H25ClN2O3S2. The van der Waals surface area contributed by atoms with Crippen molar-refractivity contribution in [2.45, 2.75) is 38.8 Å². The van der Waals surface area contributed by atoms with Gasteiger partial charge in [0.25, 0.3) is 5.56 Å². The minimum Gasteiger partial charge on any atom is -0.494 e. The lowest BCUT2D eigenvalue weighted by molar-refractivity contribution is 0.102. The van der Waals surface area contributed by atoms with Crippen LogP contribution < -0.4 is 10.3 Å². The highest BCUT2D eigenvalue weighted by Crippen LogP contribution is 2.31. The number of halogens is 1. The molecule has 0 spiro atoms. The van der Waals surface area contributed by atoms with Crippen LogP contribution in [0, 0.1) is 6.92 Å². The number of carbonyl (C=O) groups is 1. The normalized spacial score (nSPS) is 11.2. The summed E-state index contributed by atoms with van der Waals surface area (Å²) in [5.74, 6) is 0.837. The van der Waals surface area contributed by atoms with Crippen molar-refractivity contribution in [1.82, 2.24) is 9.55 Å². The Labute approximate surface area is 211 Å². The fourth-order valence-corrected chi connectivity index (χ4v) is 6.06. The van der Waals surface area contributed by atoms with E-state index in [1.165, 1.54) is 16.6 Å². The fourth-order valence-electron chi connectivity index (χ4n) is 3.71. The lowest BCUT2D eigenvalue weighted by atomic mass is 10.1. The van der Waals surface area contributed by atoms with Gasteiger partial charge in [-0.05, 0) is 74.4 Å². The molecule has 34 heavy (non-hydrogen) atoms. The number of thioether (sulfide) groups is 1. The van der Waals surface area contributed by atoms with Crippen LogP contribution in [0.4, 0.5) is 0 Å². The number of aromatic nitrogens is 2. The van der Waals surface area contributed by atoms with Crippen molar-refractivity contribution in [2.24, 2.45) is 0 Å². The molecule has 4 rings (SSSR count). The average molecular weight is 513 g/mol. The number of aryl methyl sites for hydroxylation is 2. The predicted octanol–water partition coefficient (Wildman–Crippen LogP) is 6.74. The molecule has 8 heteroatoms. The molecule has 0 radical (unpaired) electrons. The second-order valence-corrected chi connectivity index (χ2v) is 10.2. The zero-order chi connectivity index (χ0) is 24.2. The summed E-state index contributed by atoms with van der Waals surface area (Å²) in [5, 5.41) is 1.72. The number of ether oxygens (including phenoxy) is 1. The maximum absolute atomic E-state index is 13.7. The summed E-state index contributed by atoms with van der Waals surface area (Å²) in [5.41, 5.74) is 2.14. The van der Waals surface area contributed by atoms with E-state index in [1.54, 1.807) is 40.2 Å². The van der Waals surface area contributed by atoms with Crippen LogP contribution >= 0.6 is 34.7 Å². The first-order valence-electron chi connectivity index (χ1n) is 11.1. The molecule has 2 aromatic carbocycles. The van der Waals surface area contributed by atoms with Gasteiger partial charge < -0.3 is 4.74 Å². The van der Waals surface area contributed by atoms with Crippen molar-refractivity contribution < 1.29 is 9.53 Å². The van der Waals surface area contributed by atoms with E-state index in [1.807, 2.05) is 38.1 Å². The Hall–Kier alpha value is -2.61. The molecule has 0 unspecified atom stereocenters. The number of fused-ring (bicyclic) bond motifs is 1. The highest BCUT2D eigenvalue weighted by atomic mass is 35.5. The molecule has 0 aliphatic carbocycles. The first-order valence-corrected chi connectivity index (χ1v) is 13.3. The van der Waals surface area contributed by atoms with Crippen LogP contribution in [0.5, 0.6) is 5.75 Å². The van der Waals surface area contributed by atoms with E-state index in [4.69, 9.17) is 21.3 Å². The van der Waals surface area contributed by atoms with Gasteiger partial charge in [-0.15, -0.1) is 11.3 Å². The molecule has 0 aliphatic heterocycles. The maximum Gasteiger partial charge on any atom is 0.267 e. The molecule has 0 N–H and O–H groups in total. The quantitative estimate of drug-likeness (QED) is 0.141. The first kappa shape index (κ1) is 24.5. The van der Waals surface area contributed by atoms with Gasteiger partial charge in [-0.2, -0.15) is 0 Å². The molecule has 176 valence electrons. The van der Waals surface area contributed by atoms with Gasteiger partial charge in [0.2, 0.25) is 0 Å². The van der Waals surface area contributed by atoms with Crippen molar-refractivity contribution in [3.8, 4) is 11.4 Å². The Kier molecular flexibility index (Phi) is 7.76. The Balaban J connectivity index is 1.78. The van der Waals surface area contributed by atoms with Gasteiger partial charge in [0, 0.05) is 15.5 Å². The third-order valence-electron chi connectivity index (χ3n) is 5.41. The van der Waals surface area contributed by atoms with Crippen LogP contribution in [0.1, 0.15) is 41.1 Å². The lowest BCUT2D eigenvalue weighted by Crippen LogP contribution is -2.22. The van der Waals surface area contributed by atoms with E-state index in [2.05, 4.69) is 6.92 Å². The number of carbonyl (C=O) groups excluding carboxylic acids is 1. The standard InChI is InChI=1S/C26H25ClN2O3S2/c1-4-6-22-16(3)23-24(34-22)28-26(33-15-21(30)17-7-9-18(27)10-8-17)29(25(23)31)19-11-13-20(14-12-19)32-5-2/h7-14H,4-6,15H2,1-3H3. The molecule has 0 saturated heterocycles. The second-order valence-electron chi connectivity index (χ2n) is 7.76. The number of rotatable bonds is 9. The largest absolute Gasteiger partial charge is 0.494 e. The number of ketones is 1. The van der Waals surface area contributed by atoms with E-state index in [0.717, 1.165) is 29.0 Å². The molecule has 4 aromatic rings. The molecule has 2 heterocycles. The molecule has 0 fully saturated rings. The van der Waals surface area contributed by atoms with Gasteiger partial charge in [-0.3, -0.25) is 14.2 Å². The molecule has 0 atom stereocenters. The molecule has 0 amide bonds. The summed E-state index contributed by atoms with van der Waals surface area (Å²) in [6.45, 7) is 6.61. The Morgan fingerprint density at radius 1 is 1.12 bits per heavy atom. The van der Waals surface area contributed by atoms with Gasteiger partial charge >= 0.3 is 0 Å². The third kappa shape index (κ3) is 5.06. The Bertz CT molecular complexity index is 1380. The molecule has 0 aliphatic rings. The van der Waals surface area contributed by atoms with E-state index in [0.29, 0.717) is 33.4 Å². The molecule has 0 bridgehead atoms. The Morgan fingerprint density at radius 2 is 1.82 bits per heavy atom. The van der Waals surface area contributed by atoms with Gasteiger partial charge in [0.15, 0.2) is 10.9 Å². The van der Waals surface area contributed by atoms with Crippen LogP contribution in [0.15, 0.2) is 58.5 Å². The number of thiophene rings is 1. The fraction of sp³-hybridized carbons (Fsp3) is 0.269. The van der Waals surface area contributed by atoms with Crippen molar-refractivity contribution in [3.63, 3.8) is 0 Å². The van der Waals surface area contributed by atoms with E-state index in [9.17, 15) is 9.59 Å². The molecular weight excluding hydrogens is 488 g/mol. The summed E-state index contributed by atoms with van der Waals surface area (Å²) < 4.78 is 7.16. The number of benzene rings is 2. The van der Waals surface area contributed by atoms with Crippen LogP contribution in [-0.2, 0) is 6.42 Å². The summed E-state index contributed by atoms with van der Waals surface area (Å²) in [7, 11) is 0. The van der Waals surface area contributed by atoms with Crippen LogP contribution in [-0.4, -0.2) is 27.7 Å². The topological polar surface area (TPSA) is 61.2 Å². The zero-order valence-corrected chi connectivity index (χ0v) is 21.6. The average Bonchev–Trinajstić information content (AvgIpc) is 3.14. The van der Waals surface area contributed by atoms with Gasteiger partial charge in [0.05, 0.1) is 23.4 Å². The summed E-state index contributed by atoms with van der Waals surface area (Å²) in [6, 6.07) is 14.2. The lowest BCUT2D eigenvalue weighted by Gasteiger charge is -2.13. The number of hydrogen-bond donors (Lipinski definition) is 0. The minimum atomic E-state index is -0.119. The van der Waals surface area contributed by atoms with Crippen molar-refractivity contribution in [1.29, 1.82) is 0 Å². The predicted molar refractivity (Wildman–Crippen MR) is 142 cm³/mol. The smallest absolute Gasteiger partial charge is 0.267 e. The summed E-state index contributed by atoms with van der Waals surface area (Å²) >= 11 is 8.78. The van der Waals surface area contributed by atoms with Crippen molar-refractivity contribution >= 4 is 50.7 Å². The first-order chi connectivity index (χ1) is 16.4. The van der Waals surface area contributed by atoms with Crippen LogP contribution in [0.2, 0.25) is 5.02 Å². The number of hydrogen-bond acceptors (Lipinski definition) is 6. The van der Waals surface area contributed by atoms with E-state index in [-0.39, 0.29) is 17.1 Å². The third-order valence-corrected chi connectivity index (χ3v) is 7.85. The monoisotopic (exact) mass is 512 g/mol. The number of nitrogens with zero attached hydrogens (tertiary/aromatic N) is 2. The summed E-state index contributed by atoms with van der Waals surface area (Å²) in [4.78, 5) is 33.3. The maximum atomic E-state index is 13.7. The minimum absolute atomic E-state index is 0.0525. The molecule has 0 saturated carbocycles. The second kappa shape index (κ2) is 10.8. The highest BCUT2D eigenvalue weighted by molar-refractivity contribution is 7.99. The molecule has 2 aromatic heterocycles. The van der Waals surface area contributed by atoms with Gasteiger partial charge in [-0.25, -0.2) is 4.98 Å². The molecule has 5 nitrogen and oxygen atoms in total. The van der Waals surface area contributed by atoms with Gasteiger partial charge in [-0.1, -0.05) is 36.7 Å². The highest BCUT2D eigenvalue weighted by Gasteiger charge is 2.20. The van der Waals surface area contributed by atoms with Gasteiger partial charge in [0.1, 0.15) is 10.6 Å².